The zero-order chi connectivity index (χ0) is 14.5. The van der Waals surface area contributed by atoms with Crippen LogP contribution in [0.15, 0.2) is 16.0 Å². The number of carbonyl (C=O) groups excluding carboxylic acids is 1. The summed E-state index contributed by atoms with van der Waals surface area (Å²) in [5.41, 5.74) is 0.0105. The molecule has 0 saturated carbocycles. The van der Waals surface area contributed by atoms with Crippen molar-refractivity contribution in [1.82, 2.24) is 15.5 Å². The molecular weight excluding hydrogens is 286 g/mol. The molecule has 0 aromatic carbocycles. The Balaban J connectivity index is 1.82. The number of carboxylic acid groups (broad SMARTS) is 1. The second-order valence-electron chi connectivity index (χ2n) is 3.67. The van der Waals surface area contributed by atoms with Gasteiger partial charge in [-0.15, -0.1) is 11.3 Å². The summed E-state index contributed by atoms with van der Waals surface area (Å²) in [6, 6.07) is 1.38. The average molecular weight is 297 g/mol. The maximum absolute atomic E-state index is 11.7. The van der Waals surface area contributed by atoms with Crippen LogP contribution in [0.5, 0.6) is 5.88 Å². The number of hydrogen-bond donors (Lipinski definition) is 2. The molecule has 0 spiro atoms. The van der Waals surface area contributed by atoms with Crippen LogP contribution in [0.25, 0.3) is 0 Å². The van der Waals surface area contributed by atoms with E-state index in [1.54, 1.807) is 0 Å². The van der Waals surface area contributed by atoms with Gasteiger partial charge in [0.25, 0.3) is 11.8 Å². The van der Waals surface area contributed by atoms with Crippen molar-refractivity contribution in [3.05, 3.63) is 27.9 Å². The summed E-state index contributed by atoms with van der Waals surface area (Å²) in [4.78, 5) is 26.2. The van der Waals surface area contributed by atoms with E-state index in [2.05, 4.69) is 15.5 Å². The molecule has 1 amide bonds. The highest BCUT2D eigenvalue weighted by Gasteiger charge is 2.13. The lowest BCUT2D eigenvalue weighted by Gasteiger charge is -1.99. The van der Waals surface area contributed by atoms with Gasteiger partial charge >= 0.3 is 5.97 Å². The number of thiazole rings is 1. The number of rotatable bonds is 6. The molecule has 0 aliphatic carbocycles. The number of nitrogens with zero attached hydrogens (tertiary/aromatic N) is 2. The van der Waals surface area contributed by atoms with Crippen molar-refractivity contribution in [2.75, 3.05) is 13.7 Å². The normalized spacial score (nSPS) is 10.2. The summed E-state index contributed by atoms with van der Waals surface area (Å²) in [5.74, 6) is -1.21. The molecule has 2 aromatic heterocycles. The van der Waals surface area contributed by atoms with Crippen LogP contribution in [0, 0.1) is 0 Å². The van der Waals surface area contributed by atoms with Crippen molar-refractivity contribution in [3.8, 4) is 5.88 Å². The van der Waals surface area contributed by atoms with Crippen molar-refractivity contribution < 1.29 is 24.0 Å². The van der Waals surface area contributed by atoms with Gasteiger partial charge in [-0.1, -0.05) is 0 Å². The maximum Gasteiger partial charge on any atom is 0.355 e. The minimum absolute atomic E-state index is 0.0105. The van der Waals surface area contributed by atoms with Gasteiger partial charge in [-0.05, 0) is 5.16 Å². The first-order chi connectivity index (χ1) is 9.60. The van der Waals surface area contributed by atoms with E-state index in [1.807, 2.05) is 0 Å². The van der Waals surface area contributed by atoms with E-state index in [0.29, 0.717) is 18.0 Å². The van der Waals surface area contributed by atoms with E-state index < -0.39 is 11.9 Å². The molecule has 2 rings (SSSR count). The molecule has 2 heterocycles. The van der Waals surface area contributed by atoms with E-state index in [1.165, 1.54) is 29.9 Å². The topological polar surface area (TPSA) is 115 Å². The molecule has 0 aliphatic heterocycles. The number of carbonyl (C=O) groups is 2. The van der Waals surface area contributed by atoms with E-state index in [0.717, 1.165) is 0 Å². The number of ether oxygens (including phenoxy) is 1. The average Bonchev–Trinajstić information content (AvgIpc) is 3.07. The summed E-state index contributed by atoms with van der Waals surface area (Å²) in [7, 11) is 1.42. The van der Waals surface area contributed by atoms with Gasteiger partial charge in [-0.2, -0.15) is 0 Å². The first kappa shape index (κ1) is 14.0. The zero-order valence-electron chi connectivity index (χ0n) is 10.5. The van der Waals surface area contributed by atoms with E-state index in [9.17, 15) is 9.59 Å². The number of amides is 1. The Morgan fingerprint density at radius 3 is 2.95 bits per heavy atom. The second-order valence-corrected chi connectivity index (χ2v) is 4.61. The minimum atomic E-state index is -1.06. The lowest BCUT2D eigenvalue weighted by molar-refractivity contribution is 0.0690. The molecule has 20 heavy (non-hydrogen) atoms. The van der Waals surface area contributed by atoms with Gasteiger partial charge in [-0.3, -0.25) is 4.79 Å². The molecule has 0 saturated heterocycles. The van der Waals surface area contributed by atoms with Gasteiger partial charge in [0.05, 0.1) is 18.2 Å². The Kier molecular flexibility index (Phi) is 4.31. The van der Waals surface area contributed by atoms with Gasteiger partial charge in [0, 0.05) is 18.3 Å². The standard InChI is InChI=1S/C11H11N3O5S/c1-18-8-4-7(19-14-8)10(15)12-3-2-9-13-6(5-20-9)11(16)17/h4-5H,2-3H2,1H3,(H,12,15)(H,16,17). The smallest absolute Gasteiger partial charge is 0.355 e. The van der Waals surface area contributed by atoms with Crippen LogP contribution in [0.1, 0.15) is 26.1 Å². The lowest BCUT2D eigenvalue weighted by atomic mass is 10.4. The molecule has 0 bridgehead atoms. The molecule has 0 aliphatic rings. The molecule has 2 aromatic rings. The Bertz CT molecular complexity index is 621. The van der Waals surface area contributed by atoms with Gasteiger partial charge in [0.2, 0.25) is 5.76 Å². The first-order valence-electron chi connectivity index (χ1n) is 5.56. The van der Waals surface area contributed by atoms with Crippen LogP contribution in [0.3, 0.4) is 0 Å². The SMILES string of the molecule is COc1cc(C(=O)NCCc2nc(C(=O)O)cs2)on1. The monoisotopic (exact) mass is 297 g/mol. The Hall–Kier alpha value is -2.42. The number of nitrogens with one attached hydrogen (secondary N) is 1. The molecule has 106 valence electrons. The van der Waals surface area contributed by atoms with Crippen LogP contribution in [0.4, 0.5) is 0 Å². The summed E-state index contributed by atoms with van der Waals surface area (Å²) in [6.45, 7) is 0.314. The molecule has 0 fully saturated rings. The molecule has 0 atom stereocenters. The molecular formula is C11H11N3O5S. The lowest BCUT2D eigenvalue weighted by Crippen LogP contribution is -2.25. The van der Waals surface area contributed by atoms with Crippen molar-refractivity contribution >= 4 is 23.2 Å². The van der Waals surface area contributed by atoms with Crippen LogP contribution >= 0.6 is 11.3 Å². The van der Waals surface area contributed by atoms with Crippen LogP contribution in [-0.4, -0.2) is 40.8 Å². The summed E-state index contributed by atoms with van der Waals surface area (Å²) < 4.78 is 9.57. The molecule has 0 unspecified atom stereocenters. The predicted octanol–water partition coefficient (Wildman–Crippen LogP) is 0.810. The Morgan fingerprint density at radius 1 is 1.55 bits per heavy atom. The van der Waals surface area contributed by atoms with Crippen molar-refractivity contribution in [2.45, 2.75) is 6.42 Å². The number of hydrogen-bond acceptors (Lipinski definition) is 7. The van der Waals surface area contributed by atoms with Gasteiger partial charge in [0.1, 0.15) is 0 Å². The summed E-state index contributed by atoms with van der Waals surface area (Å²) in [6.07, 6.45) is 0.439. The third-order valence-electron chi connectivity index (χ3n) is 2.32. The fraction of sp³-hybridized carbons (Fsp3) is 0.273. The van der Waals surface area contributed by atoms with E-state index in [-0.39, 0.29) is 17.3 Å². The third kappa shape index (κ3) is 3.32. The number of carboxylic acids is 1. The quantitative estimate of drug-likeness (QED) is 0.810. The van der Waals surface area contributed by atoms with Crippen molar-refractivity contribution in [2.24, 2.45) is 0 Å². The highest BCUT2D eigenvalue weighted by Crippen LogP contribution is 2.11. The zero-order valence-corrected chi connectivity index (χ0v) is 11.3. The predicted molar refractivity (Wildman–Crippen MR) is 68.2 cm³/mol. The maximum atomic E-state index is 11.7. The van der Waals surface area contributed by atoms with Gasteiger partial charge in [0.15, 0.2) is 5.69 Å². The van der Waals surface area contributed by atoms with Crippen LogP contribution < -0.4 is 10.1 Å². The largest absolute Gasteiger partial charge is 0.479 e. The van der Waals surface area contributed by atoms with E-state index >= 15 is 0 Å². The van der Waals surface area contributed by atoms with Crippen LogP contribution in [0.2, 0.25) is 0 Å². The summed E-state index contributed by atoms with van der Waals surface area (Å²) >= 11 is 1.23. The first-order valence-corrected chi connectivity index (χ1v) is 6.44. The molecule has 9 heteroatoms. The number of methoxy groups -OCH3 is 1. The molecule has 8 nitrogen and oxygen atoms in total. The van der Waals surface area contributed by atoms with Gasteiger partial charge in [-0.25, -0.2) is 9.78 Å². The second kappa shape index (κ2) is 6.15. The number of aromatic carboxylic acids is 1. The van der Waals surface area contributed by atoms with E-state index in [4.69, 9.17) is 14.4 Å². The summed E-state index contributed by atoms with van der Waals surface area (Å²) in [5, 5.41) is 17.0. The Morgan fingerprint density at radius 2 is 2.35 bits per heavy atom. The fourth-order valence-electron chi connectivity index (χ4n) is 1.36. The Labute approximate surface area is 117 Å². The third-order valence-corrected chi connectivity index (χ3v) is 3.23. The highest BCUT2D eigenvalue weighted by molar-refractivity contribution is 7.09. The van der Waals surface area contributed by atoms with Crippen molar-refractivity contribution in [1.29, 1.82) is 0 Å². The van der Waals surface area contributed by atoms with Gasteiger partial charge < -0.3 is 19.7 Å². The highest BCUT2D eigenvalue weighted by atomic mass is 32.1. The van der Waals surface area contributed by atoms with Crippen molar-refractivity contribution in [3.63, 3.8) is 0 Å². The molecule has 0 radical (unpaired) electrons. The molecule has 2 N–H and O–H groups in total. The van der Waals surface area contributed by atoms with Crippen LogP contribution in [-0.2, 0) is 6.42 Å². The fourth-order valence-corrected chi connectivity index (χ4v) is 2.13. The minimum Gasteiger partial charge on any atom is -0.479 e. The number of aromatic nitrogens is 2.